The Labute approximate surface area is 86.5 Å². The largest absolute Gasteiger partial charge is 0.481 e. The lowest BCUT2D eigenvalue weighted by atomic mass is 9.98. The van der Waals surface area contributed by atoms with Crippen molar-refractivity contribution in [2.24, 2.45) is 0 Å². The first-order valence-corrected chi connectivity index (χ1v) is 4.65. The summed E-state index contributed by atoms with van der Waals surface area (Å²) in [6.45, 7) is 1.76. The predicted octanol–water partition coefficient (Wildman–Crippen LogP) is 2.82. The number of carboxylic acid groups (broad SMARTS) is 1. The number of carboxylic acids is 1. The van der Waals surface area contributed by atoms with Crippen LogP contribution in [0.15, 0.2) is 24.3 Å². The maximum atomic E-state index is 13.5. The molecule has 0 saturated carbocycles. The normalized spacial score (nSPS) is 11.4. The van der Waals surface area contributed by atoms with E-state index in [1.54, 1.807) is 19.1 Å². The van der Waals surface area contributed by atoms with Crippen LogP contribution in [0.4, 0.5) is 8.78 Å². The number of rotatable bonds is 4. The molecule has 0 atom stereocenters. The lowest BCUT2D eigenvalue weighted by Crippen LogP contribution is -2.20. The summed E-state index contributed by atoms with van der Waals surface area (Å²) in [7, 11) is 0. The van der Waals surface area contributed by atoms with Crippen molar-refractivity contribution in [3.63, 3.8) is 0 Å². The number of hydrogen-bond donors (Lipinski definition) is 1. The maximum absolute atomic E-state index is 13.5. The molecule has 0 aliphatic carbocycles. The Balaban J connectivity index is 3.07. The van der Waals surface area contributed by atoms with Gasteiger partial charge in [-0.25, -0.2) is 8.78 Å². The number of alkyl halides is 2. The summed E-state index contributed by atoms with van der Waals surface area (Å²) in [5.41, 5.74) is 0.304. The number of halogens is 2. The van der Waals surface area contributed by atoms with Gasteiger partial charge in [-0.15, -0.1) is 0 Å². The smallest absolute Gasteiger partial charge is 0.309 e. The lowest BCUT2D eigenvalue weighted by Gasteiger charge is -2.17. The van der Waals surface area contributed by atoms with Gasteiger partial charge in [-0.3, -0.25) is 4.79 Å². The van der Waals surface area contributed by atoms with Crippen LogP contribution in [-0.4, -0.2) is 11.1 Å². The number of carbonyl (C=O) groups is 1. The fraction of sp³-hybridized carbons (Fsp3) is 0.364. The van der Waals surface area contributed by atoms with Crippen LogP contribution in [0.2, 0.25) is 0 Å². The van der Waals surface area contributed by atoms with Crippen LogP contribution in [0.5, 0.6) is 0 Å². The highest BCUT2D eigenvalue weighted by Crippen LogP contribution is 2.34. The topological polar surface area (TPSA) is 37.3 Å². The first-order valence-electron chi connectivity index (χ1n) is 4.65. The molecule has 0 bridgehead atoms. The van der Waals surface area contributed by atoms with Crippen molar-refractivity contribution < 1.29 is 18.7 Å². The molecule has 1 aromatic carbocycles. The molecule has 1 N–H and O–H groups in total. The molecule has 0 fully saturated rings. The molecule has 0 radical (unpaired) electrons. The molecule has 0 unspecified atom stereocenters. The van der Waals surface area contributed by atoms with E-state index in [9.17, 15) is 13.6 Å². The highest BCUT2D eigenvalue weighted by Gasteiger charge is 2.35. The number of benzene rings is 1. The summed E-state index contributed by atoms with van der Waals surface area (Å²) < 4.78 is 26.9. The lowest BCUT2D eigenvalue weighted by molar-refractivity contribution is -0.145. The Hall–Kier alpha value is -1.45. The molecule has 0 heterocycles. The van der Waals surface area contributed by atoms with Gasteiger partial charge in [0, 0.05) is 5.56 Å². The molecule has 0 aliphatic rings. The van der Waals surface area contributed by atoms with Crippen molar-refractivity contribution in [1.29, 1.82) is 0 Å². The minimum atomic E-state index is -3.29. The van der Waals surface area contributed by atoms with Crippen LogP contribution in [-0.2, 0) is 17.1 Å². The fourth-order valence-corrected chi connectivity index (χ4v) is 1.47. The summed E-state index contributed by atoms with van der Waals surface area (Å²) in [5, 5.41) is 8.39. The van der Waals surface area contributed by atoms with E-state index in [4.69, 9.17) is 5.11 Å². The second-order valence-electron chi connectivity index (χ2n) is 3.29. The second-order valence-corrected chi connectivity index (χ2v) is 3.29. The zero-order valence-corrected chi connectivity index (χ0v) is 8.34. The minimum Gasteiger partial charge on any atom is -0.481 e. The average molecular weight is 214 g/mol. The zero-order chi connectivity index (χ0) is 11.5. The van der Waals surface area contributed by atoms with E-state index in [1.807, 2.05) is 0 Å². The SMILES string of the molecule is CCc1ccccc1C(F)(F)CC(=O)O. The number of aryl methyl sites for hydroxylation is 1. The van der Waals surface area contributed by atoms with Gasteiger partial charge >= 0.3 is 5.97 Å². The van der Waals surface area contributed by atoms with E-state index >= 15 is 0 Å². The predicted molar refractivity (Wildman–Crippen MR) is 52.0 cm³/mol. The fourth-order valence-electron chi connectivity index (χ4n) is 1.47. The van der Waals surface area contributed by atoms with Crippen molar-refractivity contribution >= 4 is 5.97 Å². The third-order valence-corrected chi connectivity index (χ3v) is 2.17. The van der Waals surface area contributed by atoms with Gasteiger partial charge in [0.2, 0.25) is 0 Å². The van der Waals surface area contributed by atoms with E-state index in [0.717, 1.165) is 0 Å². The summed E-state index contributed by atoms with van der Waals surface area (Å²) in [6.07, 6.45) is -0.699. The molecule has 1 rings (SSSR count). The van der Waals surface area contributed by atoms with E-state index < -0.39 is 18.3 Å². The zero-order valence-electron chi connectivity index (χ0n) is 8.34. The molecule has 82 valence electrons. The van der Waals surface area contributed by atoms with Crippen molar-refractivity contribution in [2.45, 2.75) is 25.7 Å². The molecule has 0 aromatic heterocycles. The number of aliphatic carboxylic acids is 1. The monoisotopic (exact) mass is 214 g/mol. The van der Waals surface area contributed by atoms with Crippen LogP contribution in [0.1, 0.15) is 24.5 Å². The van der Waals surface area contributed by atoms with Gasteiger partial charge in [-0.2, -0.15) is 0 Å². The molecule has 0 amide bonds. The van der Waals surface area contributed by atoms with Crippen LogP contribution < -0.4 is 0 Å². The molecule has 2 nitrogen and oxygen atoms in total. The van der Waals surface area contributed by atoms with Crippen LogP contribution in [0.25, 0.3) is 0 Å². The molecule has 0 aliphatic heterocycles. The Kier molecular flexibility index (Phi) is 3.39. The average Bonchev–Trinajstić information content (AvgIpc) is 2.16. The van der Waals surface area contributed by atoms with Crippen LogP contribution in [0, 0.1) is 0 Å². The molecule has 0 saturated heterocycles. The van der Waals surface area contributed by atoms with Crippen molar-refractivity contribution in [1.82, 2.24) is 0 Å². The molecular weight excluding hydrogens is 202 g/mol. The van der Waals surface area contributed by atoms with Gasteiger partial charge < -0.3 is 5.11 Å². The van der Waals surface area contributed by atoms with Gasteiger partial charge in [0.1, 0.15) is 6.42 Å². The third-order valence-electron chi connectivity index (χ3n) is 2.17. The summed E-state index contributed by atoms with van der Waals surface area (Å²) in [5.74, 6) is -4.79. The van der Waals surface area contributed by atoms with Crippen LogP contribution in [0.3, 0.4) is 0 Å². The maximum Gasteiger partial charge on any atom is 0.309 e. The summed E-state index contributed by atoms with van der Waals surface area (Å²) in [4.78, 5) is 10.3. The van der Waals surface area contributed by atoms with Crippen molar-refractivity contribution in [2.75, 3.05) is 0 Å². The first-order chi connectivity index (χ1) is 6.97. The van der Waals surface area contributed by atoms with E-state index in [2.05, 4.69) is 0 Å². The molecule has 0 spiro atoms. The molecular formula is C11H12F2O2. The highest BCUT2D eigenvalue weighted by molar-refractivity contribution is 5.68. The van der Waals surface area contributed by atoms with Crippen molar-refractivity contribution in [3.05, 3.63) is 35.4 Å². The Bertz CT molecular complexity index is 361. The first kappa shape index (κ1) is 11.6. The highest BCUT2D eigenvalue weighted by atomic mass is 19.3. The van der Waals surface area contributed by atoms with E-state index in [-0.39, 0.29) is 5.56 Å². The molecule has 15 heavy (non-hydrogen) atoms. The standard InChI is InChI=1S/C11H12F2O2/c1-2-8-5-3-4-6-9(8)11(12,13)7-10(14)15/h3-6H,2,7H2,1H3,(H,14,15). The third kappa shape index (κ3) is 2.75. The van der Waals surface area contributed by atoms with Gasteiger partial charge in [-0.05, 0) is 12.0 Å². The van der Waals surface area contributed by atoms with Gasteiger partial charge in [0.25, 0.3) is 5.92 Å². The Morgan fingerprint density at radius 1 is 1.40 bits per heavy atom. The van der Waals surface area contributed by atoms with E-state index in [0.29, 0.717) is 12.0 Å². The molecule has 1 aromatic rings. The van der Waals surface area contributed by atoms with Gasteiger partial charge in [0.05, 0.1) is 0 Å². The Morgan fingerprint density at radius 2 is 2.00 bits per heavy atom. The number of hydrogen-bond acceptors (Lipinski definition) is 1. The quantitative estimate of drug-likeness (QED) is 0.836. The molecule has 4 heteroatoms. The van der Waals surface area contributed by atoms with Gasteiger partial charge in [0.15, 0.2) is 0 Å². The van der Waals surface area contributed by atoms with Gasteiger partial charge in [-0.1, -0.05) is 31.2 Å². The van der Waals surface area contributed by atoms with Crippen LogP contribution >= 0.6 is 0 Å². The Morgan fingerprint density at radius 3 is 2.53 bits per heavy atom. The van der Waals surface area contributed by atoms with Crippen molar-refractivity contribution in [3.8, 4) is 0 Å². The second kappa shape index (κ2) is 4.38. The summed E-state index contributed by atoms with van der Waals surface area (Å²) >= 11 is 0. The summed E-state index contributed by atoms with van der Waals surface area (Å²) in [6, 6.07) is 6.02. The van der Waals surface area contributed by atoms with E-state index in [1.165, 1.54) is 12.1 Å². The minimum absolute atomic E-state index is 0.185.